The van der Waals surface area contributed by atoms with Crippen molar-refractivity contribution in [3.8, 4) is 28.1 Å². The van der Waals surface area contributed by atoms with Crippen LogP contribution < -0.4 is 4.74 Å². The van der Waals surface area contributed by atoms with Crippen LogP contribution in [0.1, 0.15) is 35.7 Å². The van der Waals surface area contributed by atoms with Crippen LogP contribution in [0.15, 0.2) is 60.8 Å². The van der Waals surface area contributed by atoms with Crippen LogP contribution in [0.5, 0.6) is 5.75 Å². The second-order valence-electron chi connectivity index (χ2n) is 6.43. The van der Waals surface area contributed by atoms with Gasteiger partial charge in [-0.3, -0.25) is 4.98 Å². The van der Waals surface area contributed by atoms with Crippen LogP contribution in [-0.4, -0.2) is 23.2 Å². The average Bonchev–Trinajstić information content (AvgIpc) is 2.67. The molecule has 0 aliphatic rings. The second kappa shape index (κ2) is 7.40. The standard InChI is InChI=1S/C22H21NO3/c1-14(2)18-12-20(15-4-6-17(7-5-15)22(24)25)21(23-13-18)16-8-10-19(26-3)11-9-16/h4-14H,1-3H3,(H,24,25). The maximum Gasteiger partial charge on any atom is 0.335 e. The van der Waals surface area contributed by atoms with E-state index in [4.69, 9.17) is 14.8 Å². The highest BCUT2D eigenvalue weighted by molar-refractivity contribution is 5.89. The minimum atomic E-state index is -0.930. The van der Waals surface area contributed by atoms with E-state index in [-0.39, 0.29) is 5.56 Å². The van der Waals surface area contributed by atoms with Crippen molar-refractivity contribution in [2.75, 3.05) is 7.11 Å². The molecule has 0 unspecified atom stereocenters. The molecule has 0 radical (unpaired) electrons. The number of methoxy groups -OCH3 is 1. The van der Waals surface area contributed by atoms with Gasteiger partial charge in [0.15, 0.2) is 0 Å². The summed E-state index contributed by atoms with van der Waals surface area (Å²) in [5.41, 5.74) is 5.18. The lowest BCUT2D eigenvalue weighted by molar-refractivity contribution is 0.0697. The molecule has 0 aliphatic carbocycles. The number of carbonyl (C=O) groups is 1. The normalized spacial score (nSPS) is 10.8. The first-order valence-corrected chi connectivity index (χ1v) is 8.47. The zero-order chi connectivity index (χ0) is 18.7. The minimum absolute atomic E-state index is 0.271. The second-order valence-corrected chi connectivity index (χ2v) is 6.43. The molecule has 26 heavy (non-hydrogen) atoms. The van der Waals surface area contributed by atoms with Gasteiger partial charge in [-0.25, -0.2) is 4.79 Å². The molecule has 0 saturated heterocycles. The third-order valence-electron chi connectivity index (χ3n) is 4.38. The monoisotopic (exact) mass is 347 g/mol. The number of aromatic nitrogens is 1. The molecular formula is C22H21NO3. The highest BCUT2D eigenvalue weighted by Crippen LogP contribution is 2.33. The van der Waals surface area contributed by atoms with Crippen LogP contribution in [0, 0.1) is 0 Å². The zero-order valence-corrected chi connectivity index (χ0v) is 15.1. The van der Waals surface area contributed by atoms with Crippen LogP contribution in [0.25, 0.3) is 22.4 Å². The van der Waals surface area contributed by atoms with E-state index >= 15 is 0 Å². The van der Waals surface area contributed by atoms with E-state index in [0.717, 1.165) is 33.7 Å². The molecule has 0 fully saturated rings. The Hall–Kier alpha value is -3.14. The Morgan fingerprint density at radius 1 is 1.00 bits per heavy atom. The summed E-state index contributed by atoms with van der Waals surface area (Å²) in [6.45, 7) is 4.25. The molecule has 132 valence electrons. The Morgan fingerprint density at radius 3 is 2.15 bits per heavy atom. The molecule has 0 spiro atoms. The van der Waals surface area contributed by atoms with E-state index in [2.05, 4.69) is 19.9 Å². The lowest BCUT2D eigenvalue weighted by Crippen LogP contribution is -1.97. The smallest absolute Gasteiger partial charge is 0.335 e. The van der Waals surface area contributed by atoms with Crippen molar-refractivity contribution >= 4 is 5.97 Å². The number of hydrogen-bond acceptors (Lipinski definition) is 3. The molecule has 2 aromatic carbocycles. The van der Waals surface area contributed by atoms with Gasteiger partial charge in [-0.1, -0.05) is 26.0 Å². The number of pyridine rings is 1. The number of benzene rings is 2. The molecule has 1 N–H and O–H groups in total. The number of nitrogens with zero attached hydrogens (tertiary/aromatic N) is 1. The molecule has 0 amide bonds. The summed E-state index contributed by atoms with van der Waals surface area (Å²) in [7, 11) is 1.64. The quantitative estimate of drug-likeness (QED) is 0.685. The number of aromatic carboxylic acids is 1. The molecule has 1 aromatic heterocycles. The first-order valence-electron chi connectivity index (χ1n) is 8.47. The van der Waals surface area contributed by atoms with Crippen LogP contribution in [0.4, 0.5) is 0 Å². The van der Waals surface area contributed by atoms with Gasteiger partial charge >= 0.3 is 5.97 Å². The van der Waals surface area contributed by atoms with Gasteiger partial charge < -0.3 is 9.84 Å². The Bertz CT molecular complexity index is 913. The predicted octanol–water partition coefficient (Wildman–Crippen LogP) is 5.25. The molecule has 3 aromatic rings. The summed E-state index contributed by atoms with van der Waals surface area (Å²) in [5.74, 6) is 0.213. The predicted molar refractivity (Wildman–Crippen MR) is 103 cm³/mol. The number of ether oxygens (including phenoxy) is 1. The fourth-order valence-electron chi connectivity index (χ4n) is 2.79. The van der Waals surface area contributed by atoms with Gasteiger partial charge in [-0.2, -0.15) is 0 Å². The fraction of sp³-hybridized carbons (Fsp3) is 0.182. The Kier molecular flexibility index (Phi) is 5.03. The molecule has 0 saturated carbocycles. The molecule has 1 heterocycles. The number of carboxylic acid groups (broad SMARTS) is 1. The van der Waals surface area contributed by atoms with Crippen molar-refractivity contribution in [1.82, 2.24) is 4.98 Å². The Morgan fingerprint density at radius 2 is 1.62 bits per heavy atom. The van der Waals surface area contributed by atoms with Gasteiger partial charge in [0.1, 0.15) is 5.75 Å². The van der Waals surface area contributed by atoms with E-state index in [1.807, 2.05) is 42.6 Å². The van der Waals surface area contributed by atoms with Gasteiger partial charge in [-0.05, 0) is 59.5 Å². The van der Waals surface area contributed by atoms with E-state index in [9.17, 15) is 4.79 Å². The van der Waals surface area contributed by atoms with Crippen molar-refractivity contribution in [3.63, 3.8) is 0 Å². The third-order valence-corrected chi connectivity index (χ3v) is 4.38. The van der Waals surface area contributed by atoms with Crippen molar-refractivity contribution in [2.45, 2.75) is 19.8 Å². The summed E-state index contributed by atoms with van der Waals surface area (Å²) in [5, 5.41) is 9.12. The number of carboxylic acids is 1. The summed E-state index contributed by atoms with van der Waals surface area (Å²) in [6, 6.07) is 16.8. The summed E-state index contributed by atoms with van der Waals surface area (Å²) in [6.07, 6.45) is 1.90. The van der Waals surface area contributed by atoms with Crippen LogP contribution in [-0.2, 0) is 0 Å². The van der Waals surface area contributed by atoms with Gasteiger partial charge in [0, 0.05) is 17.3 Å². The van der Waals surface area contributed by atoms with Crippen molar-refractivity contribution < 1.29 is 14.6 Å². The highest BCUT2D eigenvalue weighted by atomic mass is 16.5. The van der Waals surface area contributed by atoms with E-state index in [0.29, 0.717) is 5.92 Å². The first kappa shape index (κ1) is 17.7. The number of hydrogen-bond donors (Lipinski definition) is 1. The Balaban J connectivity index is 2.13. The summed E-state index contributed by atoms with van der Waals surface area (Å²) < 4.78 is 5.23. The maximum atomic E-state index is 11.1. The summed E-state index contributed by atoms with van der Waals surface area (Å²) >= 11 is 0. The van der Waals surface area contributed by atoms with Crippen LogP contribution >= 0.6 is 0 Å². The molecule has 0 bridgehead atoms. The number of rotatable bonds is 5. The average molecular weight is 347 g/mol. The summed E-state index contributed by atoms with van der Waals surface area (Å²) in [4.78, 5) is 15.8. The topological polar surface area (TPSA) is 59.4 Å². The molecule has 0 aliphatic heterocycles. The SMILES string of the molecule is COc1ccc(-c2ncc(C(C)C)cc2-c2ccc(C(=O)O)cc2)cc1. The largest absolute Gasteiger partial charge is 0.497 e. The third kappa shape index (κ3) is 3.59. The van der Waals surface area contributed by atoms with Crippen LogP contribution in [0.3, 0.4) is 0 Å². The minimum Gasteiger partial charge on any atom is -0.497 e. The maximum absolute atomic E-state index is 11.1. The zero-order valence-electron chi connectivity index (χ0n) is 15.1. The van der Waals surface area contributed by atoms with Gasteiger partial charge in [0.2, 0.25) is 0 Å². The first-order chi connectivity index (χ1) is 12.5. The van der Waals surface area contributed by atoms with Gasteiger partial charge in [0.25, 0.3) is 0 Å². The van der Waals surface area contributed by atoms with E-state index < -0.39 is 5.97 Å². The fourth-order valence-corrected chi connectivity index (χ4v) is 2.79. The van der Waals surface area contributed by atoms with Gasteiger partial charge in [-0.15, -0.1) is 0 Å². The van der Waals surface area contributed by atoms with E-state index in [1.54, 1.807) is 19.2 Å². The van der Waals surface area contributed by atoms with Crippen LogP contribution in [0.2, 0.25) is 0 Å². The van der Waals surface area contributed by atoms with Crippen molar-refractivity contribution in [2.24, 2.45) is 0 Å². The lowest BCUT2D eigenvalue weighted by atomic mass is 9.94. The molecule has 4 nitrogen and oxygen atoms in total. The molecule has 0 atom stereocenters. The van der Waals surface area contributed by atoms with E-state index in [1.165, 1.54) is 0 Å². The molecule has 4 heteroatoms. The van der Waals surface area contributed by atoms with Crippen molar-refractivity contribution in [1.29, 1.82) is 0 Å². The van der Waals surface area contributed by atoms with Gasteiger partial charge in [0.05, 0.1) is 18.4 Å². The highest BCUT2D eigenvalue weighted by Gasteiger charge is 2.13. The Labute approximate surface area is 153 Å². The molecular weight excluding hydrogens is 326 g/mol. The molecule has 3 rings (SSSR count). The van der Waals surface area contributed by atoms with Crippen molar-refractivity contribution in [3.05, 3.63) is 71.9 Å². The lowest BCUT2D eigenvalue weighted by Gasteiger charge is -2.14.